The van der Waals surface area contributed by atoms with E-state index in [4.69, 9.17) is 27.6 Å². The van der Waals surface area contributed by atoms with Crippen molar-refractivity contribution in [1.29, 1.82) is 0 Å². The Morgan fingerprint density at radius 2 is 1.40 bits per heavy atom. The molecule has 1 aliphatic heterocycles. The van der Waals surface area contributed by atoms with Crippen LogP contribution in [0.25, 0.3) is 0 Å². The Morgan fingerprint density at radius 3 is 1.93 bits per heavy atom. The van der Waals surface area contributed by atoms with Crippen molar-refractivity contribution >= 4 is 41.9 Å². The van der Waals surface area contributed by atoms with Gasteiger partial charge in [-0.25, -0.2) is 0 Å². The van der Waals surface area contributed by atoms with Crippen molar-refractivity contribution in [1.82, 2.24) is 4.90 Å². The fraction of sp³-hybridized carbons (Fsp3) is 0.368. The molecule has 43 heavy (non-hydrogen) atoms. The van der Waals surface area contributed by atoms with Crippen LogP contribution in [0.1, 0.15) is 70.5 Å². The maximum atomic E-state index is 7.53. The molecule has 0 N–H and O–H groups in total. The number of rotatable bonds is 9. The lowest BCUT2D eigenvalue weighted by atomic mass is 9.76. The maximum absolute atomic E-state index is 7.53. The fourth-order valence-corrected chi connectivity index (χ4v) is 12.2. The van der Waals surface area contributed by atoms with Crippen molar-refractivity contribution < 1.29 is 4.43 Å². The van der Waals surface area contributed by atoms with Crippen molar-refractivity contribution in [3.8, 4) is 0 Å². The third-order valence-electron chi connectivity index (χ3n) is 9.25. The number of nitrogens with zero attached hydrogens (tertiary/aromatic N) is 1. The molecule has 226 valence electrons. The van der Waals surface area contributed by atoms with Crippen LogP contribution in [0.4, 0.5) is 0 Å². The highest BCUT2D eigenvalue weighted by atomic mass is 35.5. The van der Waals surface area contributed by atoms with Gasteiger partial charge >= 0.3 is 0 Å². The Morgan fingerprint density at radius 1 is 0.791 bits per heavy atom. The van der Waals surface area contributed by atoms with Gasteiger partial charge in [-0.15, -0.1) is 0 Å². The average Bonchev–Trinajstić information content (AvgIpc) is 3.00. The van der Waals surface area contributed by atoms with E-state index in [2.05, 4.69) is 131 Å². The van der Waals surface area contributed by atoms with Crippen LogP contribution in [-0.2, 0) is 4.43 Å². The SMILES string of the molecule is CC[C@@H](CO[Si](c1ccccc1)(c1ccccc1)C(C)(C)C)N1CC(C)C[C@H](c2cccc(Cl)c2)[C@H]1c1ccc(Cl)cc1. The van der Waals surface area contributed by atoms with Crippen LogP contribution >= 0.6 is 23.2 Å². The van der Waals surface area contributed by atoms with Gasteiger partial charge in [-0.1, -0.05) is 143 Å². The van der Waals surface area contributed by atoms with Crippen molar-refractivity contribution in [2.75, 3.05) is 13.2 Å². The van der Waals surface area contributed by atoms with E-state index in [1.165, 1.54) is 21.5 Å². The van der Waals surface area contributed by atoms with Crippen LogP contribution < -0.4 is 10.4 Å². The van der Waals surface area contributed by atoms with E-state index < -0.39 is 8.32 Å². The molecule has 0 radical (unpaired) electrons. The number of halogens is 2. The Bertz CT molecular complexity index is 1420. The lowest BCUT2D eigenvalue weighted by molar-refractivity contribution is 0.0246. The van der Waals surface area contributed by atoms with E-state index in [1.54, 1.807) is 0 Å². The first-order chi connectivity index (χ1) is 20.6. The molecule has 4 aromatic carbocycles. The predicted molar refractivity (Wildman–Crippen MR) is 187 cm³/mol. The minimum absolute atomic E-state index is 0.0674. The zero-order valence-electron chi connectivity index (χ0n) is 26.1. The van der Waals surface area contributed by atoms with Crippen LogP contribution in [0.5, 0.6) is 0 Å². The summed E-state index contributed by atoms with van der Waals surface area (Å²) in [6.45, 7) is 13.5. The summed E-state index contributed by atoms with van der Waals surface area (Å²) in [6.07, 6.45) is 2.10. The molecule has 1 unspecified atom stereocenters. The van der Waals surface area contributed by atoms with Gasteiger partial charge in [-0.3, -0.25) is 4.90 Å². The smallest absolute Gasteiger partial charge is 0.261 e. The molecule has 5 heteroatoms. The summed E-state index contributed by atoms with van der Waals surface area (Å²) in [6, 6.07) is 39.3. The van der Waals surface area contributed by atoms with E-state index in [0.717, 1.165) is 29.4 Å². The van der Waals surface area contributed by atoms with E-state index in [-0.39, 0.29) is 17.1 Å². The second kappa shape index (κ2) is 13.7. The normalized spacial score (nSPS) is 20.6. The first kappa shape index (κ1) is 32.0. The molecule has 0 amide bonds. The Labute approximate surface area is 270 Å². The molecular formula is C38H45Cl2NOSi. The fourth-order valence-electron chi connectivity index (χ4n) is 7.29. The van der Waals surface area contributed by atoms with Gasteiger partial charge in [0.1, 0.15) is 0 Å². The van der Waals surface area contributed by atoms with Crippen LogP contribution in [0, 0.1) is 5.92 Å². The molecule has 5 rings (SSSR count). The maximum Gasteiger partial charge on any atom is 0.261 e. The molecule has 0 aromatic heterocycles. The molecule has 0 bridgehead atoms. The second-order valence-electron chi connectivity index (χ2n) is 13.2. The van der Waals surface area contributed by atoms with Gasteiger partial charge in [-0.2, -0.15) is 0 Å². The number of benzene rings is 4. The summed E-state index contributed by atoms with van der Waals surface area (Å²) in [7, 11) is -2.67. The highest BCUT2D eigenvalue weighted by Gasteiger charge is 2.51. The summed E-state index contributed by atoms with van der Waals surface area (Å²) in [4.78, 5) is 2.74. The molecule has 2 nitrogen and oxygen atoms in total. The summed E-state index contributed by atoms with van der Waals surface area (Å²) in [5.41, 5.74) is 2.59. The largest absolute Gasteiger partial charge is 0.406 e. The van der Waals surface area contributed by atoms with E-state index in [9.17, 15) is 0 Å². The van der Waals surface area contributed by atoms with Gasteiger partial charge in [0.15, 0.2) is 0 Å². The summed E-state index contributed by atoms with van der Waals surface area (Å²) in [5, 5.41) is 4.13. The zero-order valence-corrected chi connectivity index (χ0v) is 28.7. The topological polar surface area (TPSA) is 12.5 Å². The van der Waals surface area contributed by atoms with Crippen molar-refractivity contribution in [3.05, 3.63) is 130 Å². The number of hydrogen-bond acceptors (Lipinski definition) is 2. The van der Waals surface area contributed by atoms with Crippen LogP contribution in [-0.4, -0.2) is 32.4 Å². The van der Waals surface area contributed by atoms with Gasteiger partial charge in [-0.05, 0) is 69.6 Å². The first-order valence-corrected chi connectivity index (χ1v) is 18.3. The second-order valence-corrected chi connectivity index (χ2v) is 18.4. The van der Waals surface area contributed by atoms with Gasteiger partial charge in [0.25, 0.3) is 8.32 Å². The van der Waals surface area contributed by atoms with Gasteiger partial charge in [0.05, 0.1) is 6.61 Å². The van der Waals surface area contributed by atoms with Gasteiger partial charge in [0.2, 0.25) is 0 Å². The molecule has 1 fully saturated rings. The van der Waals surface area contributed by atoms with Gasteiger partial charge in [0, 0.05) is 34.6 Å². The highest BCUT2D eigenvalue weighted by Crippen LogP contribution is 2.46. The van der Waals surface area contributed by atoms with Crippen molar-refractivity contribution in [2.45, 2.75) is 70.5 Å². The Hall–Kier alpha value is -2.40. The van der Waals surface area contributed by atoms with Crippen LogP contribution in [0.2, 0.25) is 15.1 Å². The number of likely N-dealkylation sites (tertiary alicyclic amines) is 1. The lowest BCUT2D eigenvalue weighted by Crippen LogP contribution is -2.67. The predicted octanol–water partition coefficient (Wildman–Crippen LogP) is 9.52. The summed E-state index contributed by atoms with van der Waals surface area (Å²) >= 11 is 12.9. The van der Waals surface area contributed by atoms with E-state index in [0.29, 0.717) is 18.4 Å². The summed E-state index contributed by atoms with van der Waals surface area (Å²) < 4.78 is 7.53. The summed E-state index contributed by atoms with van der Waals surface area (Å²) in [5.74, 6) is 0.847. The first-order valence-electron chi connectivity index (χ1n) is 15.7. The zero-order chi connectivity index (χ0) is 30.6. The standard InChI is InChI=1S/C38H45Cl2NOSi/c1-6-33(27-42-43(38(3,4)5,34-16-9-7-10-17-34)35-18-11-8-12-19-35)41-26-28(2)24-36(30-14-13-15-32(40)25-30)37(41)29-20-22-31(39)23-21-29/h7-23,25,28,33,36-37H,6,24,26-27H2,1-5H3/t28?,33-,36+,37+/m0/s1. The molecule has 0 aliphatic carbocycles. The van der Waals surface area contributed by atoms with Gasteiger partial charge < -0.3 is 4.43 Å². The highest BCUT2D eigenvalue weighted by molar-refractivity contribution is 6.99. The molecule has 0 saturated carbocycles. The molecule has 1 saturated heterocycles. The Balaban J connectivity index is 1.57. The Kier molecular flexibility index (Phi) is 10.2. The van der Waals surface area contributed by atoms with Crippen molar-refractivity contribution in [2.24, 2.45) is 5.92 Å². The molecule has 0 spiro atoms. The molecule has 1 heterocycles. The van der Waals surface area contributed by atoms with E-state index >= 15 is 0 Å². The third kappa shape index (κ3) is 6.82. The third-order valence-corrected chi connectivity index (χ3v) is 14.7. The number of piperidine rings is 1. The monoisotopic (exact) mass is 629 g/mol. The minimum Gasteiger partial charge on any atom is -0.406 e. The van der Waals surface area contributed by atoms with E-state index in [1.807, 2.05) is 18.2 Å². The average molecular weight is 631 g/mol. The van der Waals surface area contributed by atoms with Crippen LogP contribution in [0.15, 0.2) is 109 Å². The quantitative estimate of drug-likeness (QED) is 0.171. The molecule has 4 aromatic rings. The molecular weight excluding hydrogens is 585 g/mol. The van der Waals surface area contributed by atoms with Crippen molar-refractivity contribution in [3.63, 3.8) is 0 Å². The number of hydrogen-bond donors (Lipinski definition) is 0. The molecule has 1 aliphatic rings. The molecule has 4 atom stereocenters. The van der Waals surface area contributed by atoms with Crippen LogP contribution in [0.3, 0.4) is 0 Å². The minimum atomic E-state index is -2.67. The lowest BCUT2D eigenvalue weighted by Gasteiger charge is -2.50.